The van der Waals surface area contributed by atoms with Crippen molar-refractivity contribution in [3.63, 3.8) is 0 Å². The summed E-state index contributed by atoms with van der Waals surface area (Å²) >= 11 is 0. The summed E-state index contributed by atoms with van der Waals surface area (Å²) in [6.07, 6.45) is 0.425. The third kappa shape index (κ3) is 5.17. The van der Waals surface area contributed by atoms with Gasteiger partial charge < -0.3 is 14.2 Å². The van der Waals surface area contributed by atoms with Gasteiger partial charge in [0.05, 0.1) is 36.6 Å². The highest BCUT2D eigenvalue weighted by Crippen LogP contribution is 2.49. The Bertz CT molecular complexity index is 1790. The highest BCUT2D eigenvalue weighted by atomic mass is 32.2. The minimum Gasteiger partial charge on any atom is -0.497 e. The number of rotatable bonds is 8. The van der Waals surface area contributed by atoms with Crippen molar-refractivity contribution in [2.75, 3.05) is 36.6 Å². The van der Waals surface area contributed by atoms with E-state index in [2.05, 4.69) is 4.72 Å². The molecular formula is C29H28N2O7S2. The highest BCUT2D eigenvalue weighted by Gasteiger charge is 2.31. The normalized spacial score (nSPS) is 14.3. The molecular weight excluding hydrogens is 552 g/mol. The van der Waals surface area contributed by atoms with Crippen molar-refractivity contribution >= 4 is 31.4 Å². The molecule has 0 aliphatic carbocycles. The van der Waals surface area contributed by atoms with Crippen molar-refractivity contribution in [3.05, 3.63) is 96.1 Å². The van der Waals surface area contributed by atoms with Gasteiger partial charge >= 0.3 is 0 Å². The van der Waals surface area contributed by atoms with Gasteiger partial charge in [-0.25, -0.2) is 16.8 Å². The number of hydrogen-bond acceptors (Lipinski definition) is 7. The van der Waals surface area contributed by atoms with Crippen LogP contribution in [0.1, 0.15) is 17.2 Å². The lowest BCUT2D eigenvalue weighted by atomic mass is 9.88. The molecule has 9 nitrogen and oxygen atoms in total. The van der Waals surface area contributed by atoms with Gasteiger partial charge in [-0.15, -0.1) is 0 Å². The second-order valence-corrected chi connectivity index (χ2v) is 13.0. The van der Waals surface area contributed by atoms with Crippen LogP contribution in [0.2, 0.25) is 0 Å². The highest BCUT2D eigenvalue weighted by molar-refractivity contribution is 7.92. The van der Waals surface area contributed by atoms with Crippen LogP contribution in [-0.4, -0.2) is 44.4 Å². The van der Waals surface area contributed by atoms with Gasteiger partial charge in [-0.05, 0) is 71.8 Å². The number of fused-ring (bicyclic) bond motifs is 3. The first-order chi connectivity index (χ1) is 19.0. The second kappa shape index (κ2) is 10.4. The number of hydrogen-bond donors (Lipinski definition) is 1. The van der Waals surface area contributed by atoms with Crippen molar-refractivity contribution in [3.8, 4) is 28.4 Å². The second-order valence-electron chi connectivity index (χ2n) is 9.25. The Morgan fingerprint density at radius 2 is 1.57 bits per heavy atom. The van der Waals surface area contributed by atoms with E-state index in [4.69, 9.17) is 14.2 Å². The zero-order chi connectivity index (χ0) is 28.7. The third-order valence-corrected chi connectivity index (χ3v) is 9.02. The number of ether oxygens (including phenoxy) is 3. The summed E-state index contributed by atoms with van der Waals surface area (Å²) < 4.78 is 71.6. The predicted octanol–water partition coefficient (Wildman–Crippen LogP) is 5.05. The molecule has 11 heteroatoms. The van der Waals surface area contributed by atoms with Crippen molar-refractivity contribution in [1.29, 1.82) is 0 Å². The van der Waals surface area contributed by atoms with Gasteiger partial charge in [-0.3, -0.25) is 9.03 Å². The van der Waals surface area contributed by atoms with Crippen LogP contribution in [-0.2, 0) is 20.0 Å². The zero-order valence-corrected chi connectivity index (χ0v) is 23.9. The fourth-order valence-electron chi connectivity index (χ4n) is 4.70. The maximum atomic E-state index is 13.4. The molecule has 40 heavy (non-hydrogen) atoms. The van der Waals surface area contributed by atoms with E-state index in [1.807, 2.05) is 30.3 Å². The summed E-state index contributed by atoms with van der Waals surface area (Å²) in [6.45, 7) is 0. The quantitative estimate of drug-likeness (QED) is 0.311. The number of benzene rings is 4. The van der Waals surface area contributed by atoms with Crippen LogP contribution in [0.25, 0.3) is 11.1 Å². The Balaban J connectivity index is 1.59. The summed E-state index contributed by atoms with van der Waals surface area (Å²) in [5.74, 6) is 1.75. The van der Waals surface area contributed by atoms with E-state index in [0.29, 0.717) is 39.8 Å². The predicted molar refractivity (Wildman–Crippen MR) is 154 cm³/mol. The molecule has 1 unspecified atom stereocenters. The lowest BCUT2D eigenvalue weighted by molar-refractivity contribution is 0.242. The summed E-state index contributed by atoms with van der Waals surface area (Å²) in [7, 11) is -2.81. The van der Waals surface area contributed by atoms with Crippen LogP contribution < -0.4 is 23.2 Å². The first kappa shape index (κ1) is 27.4. The summed E-state index contributed by atoms with van der Waals surface area (Å²) in [5, 5.41) is 0. The van der Waals surface area contributed by atoms with Crippen LogP contribution in [0.5, 0.6) is 17.2 Å². The molecule has 0 saturated heterocycles. The SMILES string of the molecule is COc1ccc(S(=O)(=O)N(C)c2cccc(C3Oc4cccc(OC)c4-c4ccc(NS(C)(=O)=O)cc43)c2)cc1. The molecule has 1 N–H and O–H groups in total. The molecule has 0 radical (unpaired) electrons. The van der Waals surface area contributed by atoms with Crippen LogP contribution in [0.4, 0.5) is 11.4 Å². The van der Waals surface area contributed by atoms with Gasteiger partial charge in [0.25, 0.3) is 10.0 Å². The van der Waals surface area contributed by atoms with Gasteiger partial charge in [0.1, 0.15) is 23.4 Å². The standard InChI is InChI=1S/C29H28N2O7S2/c1-31(40(34,35)23-14-12-22(36-2)13-15-23)21-8-5-7-19(17-21)29-25-18-20(30-39(4,32)33)11-16-24(25)28-26(37-3)9-6-10-27(28)38-29/h5-18,29-30H,1-4H3. The molecule has 0 fully saturated rings. The molecule has 0 aromatic heterocycles. The number of anilines is 2. The third-order valence-electron chi connectivity index (χ3n) is 6.61. The lowest BCUT2D eigenvalue weighted by Gasteiger charge is -2.31. The van der Waals surface area contributed by atoms with Crippen molar-refractivity contribution in [2.45, 2.75) is 11.0 Å². The molecule has 0 saturated carbocycles. The van der Waals surface area contributed by atoms with E-state index in [-0.39, 0.29) is 4.90 Å². The summed E-state index contributed by atoms with van der Waals surface area (Å²) in [6, 6.07) is 23.9. The number of nitrogens with one attached hydrogen (secondary N) is 1. The topological polar surface area (TPSA) is 111 Å². The minimum atomic E-state index is -3.87. The molecule has 5 rings (SSSR count). The Morgan fingerprint density at radius 1 is 0.850 bits per heavy atom. The molecule has 0 bridgehead atoms. The molecule has 1 aliphatic rings. The Morgan fingerprint density at radius 3 is 2.25 bits per heavy atom. The Labute approximate surface area is 234 Å². The molecule has 1 heterocycles. The van der Waals surface area contributed by atoms with Gasteiger partial charge in [0, 0.05) is 18.3 Å². The monoisotopic (exact) mass is 580 g/mol. The van der Waals surface area contributed by atoms with E-state index in [9.17, 15) is 16.8 Å². The zero-order valence-electron chi connectivity index (χ0n) is 22.3. The molecule has 1 aliphatic heterocycles. The Hall–Kier alpha value is -4.22. The fourth-order valence-corrected chi connectivity index (χ4v) is 6.44. The minimum absolute atomic E-state index is 0.123. The van der Waals surface area contributed by atoms with Crippen molar-refractivity contribution in [2.24, 2.45) is 0 Å². The average Bonchev–Trinajstić information content (AvgIpc) is 2.95. The van der Waals surface area contributed by atoms with Crippen molar-refractivity contribution < 1.29 is 31.0 Å². The first-order valence-corrected chi connectivity index (χ1v) is 15.5. The van der Waals surface area contributed by atoms with E-state index >= 15 is 0 Å². The number of sulfonamides is 2. The lowest BCUT2D eigenvalue weighted by Crippen LogP contribution is -2.27. The first-order valence-electron chi connectivity index (χ1n) is 12.2. The van der Waals surface area contributed by atoms with Gasteiger partial charge in [0.2, 0.25) is 10.0 Å². The summed E-state index contributed by atoms with van der Waals surface area (Å²) in [4.78, 5) is 0.123. The molecule has 0 amide bonds. The largest absolute Gasteiger partial charge is 0.497 e. The molecule has 4 aromatic rings. The number of methoxy groups -OCH3 is 2. The smallest absolute Gasteiger partial charge is 0.264 e. The maximum absolute atomic E-state index is 13.4. The van der Waals surface area contributed by atoms with E-state index in [0.717, 1.165) is 17.4 Å². The van der Waals surface area contributed by atoms with Crippen LogP contribution in [0, 0.1) is 0 Å². The van der Waals surface area contributed by atoms with Crippen molar-refractivity contribution in [1.82, 2.24) is 0 Å². The van der Waals surface area contributed by atoms with Gasteiger partial charge in [-0.1, -0.05) is 24.3 Å². The van der Waals surface area contributed by atoms with Gasteiger partial charge in [-0.2, -0.15) is 0 Å². The van der Waals surface area contributed by atoms with Crippen LogP contribution >= 0.6 is 0 Å². The maximum Gasteiger partial charge on any atom is 0.264 e. The fraction of sp³-hybridized carbons (Fsp3) is 0.172. The number of nitrogens with zero attached hydrogens (tertiary/aromatic N) is 1. The van der Waals surface area contributed by atoms with E-state index in [1.54, 1.807) is 49.6 Å². The summed E-state index contributed by atoms with van der Waals surface area (Å²) in [5.41, 5.74) is 3.75. The van der Waals surface area contributed by atoms with Crippen LogP contribution in [0.3, 0.4) is 0 Å². The molecule has 1 atom stereocenters. The molecule has 0 spiro atoms. The average molecular weight is 581 g/mol. The Kier molecular flexibility index (Phi) is 7.11. The van der Waals surface area contributed by atoms with E-state index in [1.165, 1.54) is 30.6 Å². The van der Waals surface area contributed by atoms with Gasteiger partial charge in [0.15, 0.2) is 0 Å². The molecule has 208 valence electrons. The molecule has 4 aromatic carbocycles. The van der Waals surface area contributed by atoms with Crippen LogP contribution in [0.15, 0.2) is 89.8 Å². The van der Waals surface area contributed by atoms with E-state index < -0.39 is 26.2 Å².